The van der Waals surface area contributed by atoms with Crippen molar-refractivity contribution in [1.82, 2.24) is 0 Å². The van der Waals surface area contributed by atoms with E-state index >= 15 is 0 Å². The molecule has 1 atom stereocenters. The average Bonchev–Trinajstić information content (AvgIpc) is 2.89. The molecule has 0 radical (unpaired) electrons. The largest absolute Gasteiger partial charge is 0.294 e. The standard InChI is InChI=1S/C17H13NO2S/c19-14(12-7-3-1-4-8-12)11-15-18-17(20)16(21-15)13-9-5-2-6-10-13/h1-10,16H,11H2. The molecular formula is C17H13NO2S. The first-order chi connectivity index (χ1) is 10.2. The zero-order valence-corrected chi connectivity index (χ0v) is 12.0. The summed E-state index contributed by atoms with van der Waals surface area (Å²) in [5, 5.41) is 0.285. The lowest BCUT2D eigenvalue weighted by molar-refractivity contribution is -0.117. The Morgan fingerprint density at radius 1 is 1.00 bits per heavy atom. The number of hydrogen-bond donors (Lipinski definition) is 0. The molecule has 1 aliphatic heterocycles. The molecule has 1 aliphatic rings. The third-order valence-corrected chi connectivity index (χ3v) is 4.44. The highest BCUT2D eigenvalue weighted by molar-refractivity contribution is 8.15. The fraction of sp³-hybridized carbons (Fsp3) is 0.118. The van der Waals surface area contributed by atoms with E-state index in [1.807, 2.05) is 48.5 Å². The van der Waals surface area contributed by atoms with Crippen molar-refractivity contribution in [2.75, 3.05) is 0 Å². The van der Waals surface area contributed by atoms with Gasteiger partial charge >= 0.3 is 0 Å². The minimum atomic E-state index is -0.315. The van der Waals surface area contributed by atoms with E-state index in [0.717, 1.165) is 5.56 Å². The Hall–Kier alpha value is -2.20. The van der Waals surface area contributed by atoms with E-state index in [1.165, 1.54) is 11.8 Å². The van der Waals surface area contributed by atoms with Crippen LogP contribution in [0.15, 0.2) is 65.7 Å². The molecule has 0 bridgehead atoms. The number of ketones is 1. The molecule has 1 amide bonds. The van der Waals surface area contributed by atoms with Gasteiger partial charge in [0.05, 0.1) is 11.5 Å². The summed E-state index contributed by atoms with van der Waals surface area (Å²) in [6, 6.07) is 18.6. The van der Waals surface area contributed by atoms with Crippen molar-refractivity contribution >= 4 is 28.5 Å². The van der Waals surface area contributed by atoms with E-state index in [1.54, 1.807) is 12.1 Å². The molecule has 3 rings (SSSR count). The average molecular weight is 295 g/mol. The van der Waals surface area contributed by atoms with Gasteiger partial charge in [0.25, 0.3) is 5.91 Å². The molecule has 0 fully saturated rings. The molecule has 1 heterocycles. The SMILES string of the molecule is O=C(CC1=NC(=O)C(c2ccccc2)S1)c1ccccc1. The van der Waals surface area contributed by atoms with Crippen LogP contribution >= 0.6 is 11.8 Å². The second-order valence-corrected chi connectivity index (χ2v) is 5.90. The Morgan fingerprint density at radius 2 is 1.62 bits per heavy atom. The van der Waals surface area contributed by atoms with Crippen molar-refractivity contribution in [1.29, 1.82) is 0 Å². The van der Waals surface area contributed by atoms with Gasteiger partial charge in [0.2, 0.25) is 0 Å². The smallest absolute Gasteiger partial charge is 0.264 e. The minimum Gasteiger partial charge on any atom is -0.294 e. The number of Topliss-reactive ketones (excluding diaryl/α,β-unsaturated/α-hetero) is 1. The predicted octanol–water partition coefficient (Wildman–Crippen LogP) is 3.67. The summed E-state index contributed by atoms with van der Waals surface area (Å²) >= 11 is 1.37. The summed E-state index contributed by atoms with van der Waals surface area (Å²) in [6.45, 7) is 0. The molecule has 0 aliphatic carbocycles. The van der Waals surface area contributed by atoms with Gasteiger partial charge in [0, 0.05) is 5.56 Å². The quantitative estimate of drug-likeness (QED) is 0.808. The van der Waals surface area contributed by atoms with Gasteiger partial charge in [-0.1, -0.05) is 72.4 Å². The molecule has 3 nitrogen and oxygen atoms in total. The van der Waals surface area contributed by atoms with Crippen molar-refractivity contribution in [2.45, 2.75) is 11.7 Å². The normalized spacial score (nSPS) is 17.6. The second kappa shape index (κ2) is 6.06. The summed E-state index contributed by atoms with van der Waals surface area (Å²) in [7, 11) is 0. The molecule has 2 aromatic rings. The van der Waals surface area contributed by atoms with Gasteiger partial charge in [0.15, 0.2) is 5.78 Å². The van der Waals surface area contributed by atoms with E-state index in [4.69, 9.17) is 0 Å². The van der Waals surface area contributed by atoms with Crippen LogP contribution in [0.1, 0.15) is 27.6 Å². The number of nitrogens with zero attached hydrogens (tertiary/aromatic N) is 1. The maximum atomic E-state index is 12.1. The van der Waals surface area contributed by atoms with Gasteiger partial charge < -0.3 is 0 Å². The van der Waals surface area contributed by atoms with Crippen LogP contribution in [0.25, 0.3) is 0 Å². The molecule has 0 saturated carbocycles. The first-order valence-corrected chi connectivity index (χ1v) is 7.53. The van der Waals surface area contributed by atoms with E-state index in [0.29, 0.717) is 10.6 Å². The van der Waals surface area contributed by atoms with Gasteiger partial charge in [0.1, 0.15) is 5.25 Å². The van der Waals surface area contributed by atoms with E-state index in [2.05, 4.69) is 4.99 Å². The number of hydrogen-bond acceptors (Lipinski definition) is 3. The molecule has 4 heteroatoms. The second-order valence-electron chi connectivity index (χ2n) is 4.72. The van der Waals surface area contributed by atoms with Crippen LogP contribution < -0.4 is 0 Å². The third-order valence-electron chi connectivity index (χ3n) is 3.22. The maximum Gasteiger partial charge on any atom is 0.264 e. The minimum absolute atomic E-state index is 0.0108. The molecule has 21 heavy (non-hydrogen) atoms. The fourth-order valence-corrected chi connectivity index (χ4v) is 3.25. The van der Waals surface area contributed by atoms with E-state index in [9.17, 15) is 9.59 Å². The van der Waals surface area contributed by atoms with Crippen molar-refractivity contribution in [3.8, 4) is 0 Å². The zero-order valence-electron chi connectivity index (χ0n) is 11.2. The number of rotatable bonds is 4. The first kappa shape index (κ1) is 13.8. The van der Waals surface area contributed by atoms with Crippen molar-refractivity contribution in [2.24, 2.45) is 4.99 Å². The van der Waals surface area contributed by atoms with Crippen LogP contribution in [0.2, 0.25) is 0 Å². The summed E-state index contributed by atoms with van der Waals surface area (Å²) in [6.07, 6.45) is 0.184. The lowest BCUT2D eigenvalue weighted by Gasteiger charge is -2.06. The predicted molar refractivity (Wildman–Crippen MR) is 84.6 cm³/mol. The molecule has 0 N–H and O–H groups in total. The van der Waals surface area contributed by atoms with Crippen molar-refractivity contribution in [3.05, 3.63) is 71.8 Å². The van der Waals surface area contributed by atoms with Gasteiger partial charge in [-0.3, -0.25) is 9.59 Å². The molecule has 0 aromatic heterocycles. The zero-order chi connectivity index (χ0) is 14.7. The van der Waals surface area contributed by atoms with Crippen molar-refractivity contribution < 1.29 is 9.59 Å². The number of amides is 1. The lowest BCUT2D eigenvalue weighted by Crippen LogP contribution is -2.04. The summed E-state index contributed by atoms with van der Waals surface area (Å²) in [5.41, 5.74) is 1.58. The number of aliphatic imine (C=N–C) groups is 1. The van der Waals surface area contributed by atoms with E-state index in [-0.39, 0.29) is 23.4 Å². The van der Waals surface area contributed by atoms with Gasteiger partial charge in [-0.2, -0.15) is 0 Å². The number of carbonyl (C=O) groups excluding carboxylic acids is 2. The first-order valence-electron chi connectivity index (χ1n) is 6.65. The monoisotopic (exact) mass is 295 g/mol. The lowest BCUT2D eigenvalue weighted by atomic mass is 10.1. The summed E-state index contributed by atoms with van der Waals surface area (Å²) < 4.78 is 0. The highest BCUT2D eigenvalue weighted by Crippen LogP contribution is 2.37. The molecule has 2 aromatic carbocycles. The third kappa shape index (κ3) is 3.11. The topological polar surface area (TPSA) is 46.5 Å². The summed E-state index contributed by atoms with van der Waals surface area (Å²) in [5.74, 6) is -0.189. The van der Waals surface area contributed by atoms with Gasteiger partial charge in [-0.25, -0.2) is 4.99 Å². The van der Waals surface area contributed by atoms with Crippen LogP contribution in [0, 0.1) is 0 Å². The Morgan fingerprint density at radius 3 is 2.29 bits per heavy atom. The Bertz CT molecular complexity index is 695. The van der Waals surface area contributed by atoms with Crippen molar-refractivity contribution in [3.63, 3.8) is 0 Å². The fourth-order valence-electron chi connectivity index (χ4n) is 2.18. The Kier molecular flexibility index (Phi) is 3.97. The van der Waals surface area contributed by atoms with Crippen LogP contribution in [0.5, 0.6) is 0 Å². The molecule has 104 valence electrons. The highest BCUT2D eigenvalue weighted by atomic mass is 32.2. The number of thioether (sulfide) groups is 1. The molecule has 0 spiro atoms. The highest BCUT2D eigenvalue weighted by Gasteiger charge is 2.30. The maximum absolute atomic E-state index is 12.1. The molecule has 1 unspecified atom stereocenters. The van der Waals surface area contributed by atoms with E-state index < -0.39 is 0 Å². The van der Waals surface area contributed by atoms with Crippen LogP contribution in [-0.2, 0) is 4.79 Å². The van der Waals surface area contributed by atoms with Crippen LogP contribution in [0.3, 0.4) is 0 Å². The van der Waals surface area contributed by atoms with Gasteiger partial charge in [-0.15, -0.1) is 0 Å². The van der Waals surface area contributed by atoms with Gasteiger partial charge in [-0.05, 0) is 5.56 Å². The molecular weight excluding hydrogens is 282 g/mol. The van der Waals surface area contributed by atoms with Crippen LogP contribution in [-0.4, -0.2) is 16.7 Å². The molecule has 0 saturated heterocycles. The Labute approximate surface area is 127 Å². The Balaban J connectivity index is 1.70. The number of carbonyl (C=O) groups is 2. The summed E-state index contributed by atoms with van der Waals surface area (Å²) in [4.78, 5) is 28.2. The van der Waals surface area contributed by atoms with Crippen LogP contribution in [0.4, 0.5) is 0 Å². The number of benzene rings is 2.